The summed E-state index contributed by atoms with van der Waals surface area (Å²) in [5.41, 5.74) is -0.0446. The van der Waals surface area contributed by atoms with Gasteiger partial charge in [0.05, 0.1) is 22.0 Å². The van der Waals surface area contributed by atoms with Crippen LogP contribution < -0.4 is 4.74 Å². The molecule has 0 spiro atoms. The van der Waals surface area contributed by atoms with Crippen molar-refractivity contribution in [3.63, 3.8) is 0 Å². The lowest BCUT2D eigenvalue weighted by molar-refractivity contribution is -0.385. The fourth-order valence-electron chi connectivity index (χ4n) is 2.25. The number of nitro groups is 2. The third-order valence-corrected chi connectivity index (χ3v) is 3.53. The minimum Gasteiger partial charge on any atom is -0.487 e. The largest absolute Gasteiger partial charge is 0.487 e. The van der Waals surface area contributed by atoms with Crippen LogP contribution in [0, 0.1) is 20.2 Å². The van der Waals surface area contributed by atoms with Crippen LogP contribution in [-0.2, 0) is 4.74 Å². The molecule has 0 aliphatic rings. The molecule has 9 nitrogen and oxygen atoms in total. The molecule has 0 bridgehead atoms. The molecule has 2 aromatic rings. The number of esters is 1. The smallest absolute Gasteiger partial charge is 0.338 e. The zero-order valence-corrected chi connectivity index (χ0v) is 14.1. The number of carbonyl (C=O) groups is 1. The van der Waals surface area contributed by atoms with Gasteiger partial charge in [-0.1, -0.05) is 12.1 Å². The number of non-ortho nitro benzene ring substituents is 1. The number of rotatable bonds is 7. The normalized spacial score (nSPS) is 11.5. The van der Waals surface area contributed by atoms with Gasteiger partial charge in [-0.3, -0.25) is 20.2 Å². The molecular formula is C17H16N2O7. The Morgan fingerprint density at radius 1 is 1.12 bits per heavy atom. The molecule has 0 unspecified atom stereocenters. The van der Waals surface area contributed by atoms with Gasteiger partial charge in [-0.15, -0.1) is 0 Å². The lowest BCUT2D eigenvalue weighted by Gasteiger charge is -2.14. The van der Waals surface area contributed by atoms with E-state index in [1.165, 1.54) is 30.3 Å². The van der Waals surface area contributed by atoms with Crippen molar-refractivity contribution in [3.05, 3.63) is 73.8 Å². The summed E-state index contributed by atoms with van der Waals surface area (Å²) in [6.45, 7) is 3.49. The molecule has 0 saturated carbocycles. The second-order valence-electron chi connectivity index (χ2n) is 5.27. The Kier molecular flexibility index (Phi) is 5.84. The second-order valence-corrected chi connectivity index (χ2v) is 5.27. The molecule has 0 saturated heterocycles. The molecule has 0 aliphatic carbocycles. The lowest BCUT2D eigenvalue weighted by atomic mass is 10.1. The maximum absolute atomic E-state index is 12.3. The van der Waals surface area contributed by atoms with Gasteiger partial charge in [-0.25, -0.2) is 4.79 Å². The van der Waals surface area contributed by atoms with Gasteiger partial charge in [0, 0.05) is 18.2 Å². The molecule has 0 aliphatic heterocycles. The molecule has 0 N–H and O–H groups in total. The number of hydrogen-bond acceptors (Lipinski definition) is 7. The molecule has 2 aromatic carbocycles. The van der Waals surface area contributed by atoms with Gasteiger partial charge in [0.2, 0.25) is 0 Å². The van der Waals surface area contributed by atoms with Crippen LogP contribution in [0.4, 0.5) is 11.4 Å². The monoisotopic (exact) mass is 360 g/mol. The van der Waals surface area contributed by atoms with Crippen LogP contribution in [0.2, 0.25) is 0 Å². The summed E-state index contributed by atoms with van der Waals surface area (Å²) in [7, 11) is 0. The van der Waals surface area contributed by atoms with Gasteiger partial charge in [0.25, 0.3) is 5.69 Å². The zero-order valence-electron chi connectivity index (χ0n) is 14.1. The van der Waals surface area contributed by atoms with Gasteiger partial charge in [0.1, 0.15) is 6.10 Å². The first-order valence-electron chi connectivity index (χ1n) is 7.70. The van der Waals surface area contributed by atoms with E-state index in [1.807, 2.05) is 0 Å². The second kappa shape index (κ2) is 8.06. The van der Waals surface area contributed by atoms with Crippen molar-refractivity contribution in [2.45, 2.75) is 20.0 Å². The van der Waals surface area contributed by atoms with Crippen molar-refractivity contribution in [1.29, 1.82) is 0 Å². The number of nitrogens with zero attached hydrogens (tertiary/aromatic N) is 2. The highest BCUT2D eigenvalue weighted by Crippen LogP contribution is 2.29. The third kappa shape index (κ3) is 4.32. The molecule has 0 amide bonds. The maximum Gasteiger partial charge on any atom is 0.338 e. The molecule has 0 aromatic heterocycles. The highest BCUT2D eigenvalue weighted by atomic mass is 16.6. The molecule has 2 rings (SSSR count). The first-order valence-corrected chi connectivity index (χ1v) is 7.70. The van der Waals surface area contributed by atoms with Gasteiger partial charge in [0.15, 0.2) is 5.75 Å². The molecule has 136 valence electrons. The summed E-state index contributed by atoms with van der Waals surface area (Å²) < 4.78 is 10.4. The number of benzene rings is 2. The van der Waals surface area contributed by atoms with E-state index in [4.69, 9.17) is 9.47 Å². The Morgan fingerprint density at radius 3 is 2.46 bits per heavy atom. The lowest BCUT2D eigenvalue weighted by Crippen LogP contribution is -2.10. The van der Waals surface area contributed by atoms with E-state index in [-0.39, 0.29) is 29.3 Å². The summed E-state index contributed by atoms with van der Waals surface area (Å²) in [5, 5.41) is 22.0. The van der Waals surface area contributed by atoms with Crippen molar-refractivity contribution >= 4 is 17.3 Å². The predicted octanol–water partition coefficient (Wildman–Crippen LogP) is 3.82. The van der Waals surface area contributed by atoms with Crippen LogP contribution in [0.15, 0.2) is 42.5 Å². The Morgan fingerprint density at radius 2 is 1.85 bits per heavy atom. The molecular weight excluding hydrogens is 344 g/mol. The van der Waals surface area contributed by atoms with E-state index in [1.54, 1.807) is 19.9 Å². The van der Waals surface area contributed by atoms with E-state index < -0.39 is 21.9 Å². The molecule has 1 atom stereocenters. The van der Waals surface area contributed by atoms with Gasteiger partial charge in [-0.05, 0) is 31.5 Å². The van der Waals surface area contributed by atoms with Crippen LogP contribution in [-0.4, -0.2) is 22.4 Å². The molecule has 26 heavy (non-hydrogen) atoms. The average Bonchev–Trinajstić information content (AvgIpc) is 2.62. The van der Waals surface area contributed by atoms with Crippen molar-refractivity contribution in [2.75, 3.05) is 6.61 Å². The van der Waals surface area contributed by atoms with Gasteiger partial charge >= 0.3 is 11.7 Å². The summed E-state index contributed by atoms with van der Waals surface area (Å²) in [4.78, 5) is 33.0. The molecule has 0 fully saturated rings. The highest BCUT2D eigenvalue weighted by Gasteiger charge is 2.21. The van der Waals surface area contributed by atoms with Crippen molar-refractivity contribution in [3.8, 4) is 5.75 Å². The Hall–Kier alpha value is -3.49. The fourth-order valence-corrected chi connectivity index (χ4v) is 2.25. The Balaban J connectivity index is 2.21. The van der Waals surface area contributed by atoms with E-state index in [2.05, 4.69) is 0 Å². The summed E-state index contributed by atoms with van der Waals surface area (Å²) in [6.07, 6.45) is -0.770. The highest BCUT2D eigenvalue weighted by molar-refractivity contribution is 5.90. The number of ether oxygens (including phenoxy) is 2. The molecule has 0 heterocycles. The van der Waals surface area contributed by atoms with Gasteiger partial charge < -0.3 is 9.47 Å². The van der Waals surface area contributed by atoms with Crippen molar-refractivity contribution in [2.24, 2.45) is 0 Å². The maximum atomic E-state index is 12.3. The average molecular weight is 360 g/mol. The molecule has 0 radical (unpaired) electrons. The van der Waals surface area contributed by atoms with Crippen LogP contribution in [0.5, 0.6) is 5.75 Å². The topological polar surface area (TPSA) is 122 Å². The predicted molar refractivity (Wildman–Crippen MR) is 91.2 cm³/mol. The standard InChI is InChI=1S/C17H16N2O7/c1-3-25-16-8-7-13(10-15(16)19(23)24)17(20)26-11(2)12-5-4-6-14(9-12)18(21)22/h4-11H,3H2,1-2H3/t11-/m0/s1. The first-order chi connectivity index (χ1) is 12.3. The van der Waals surface area contributed by atoms with Crippen LogP contribution in [0.3, 0.4) is 0 Å². The summed E-state index contributed by atoms with van der Waals surface area (Å²) in [6, 6.07) is 9.47. The number of nitro benzene ring substituents is 2. The summed E-state index contributed by atoms with van der Waals surface area (Å²) >= 11 is 0. The van der Waals surface area contributed by atoms with E-state index in [0.29, 0.717) is 5.56 Å². The van der Waals surface area contributed by atoms with Crippen LogP contribution in [0.25, 0.3) is 0 Å². The number of carbonyl (C=O) groups excluding carboxylic acids is 1. The quantitative estimate of drug-likeness (QED) is 0.418. The van der Waals surface area contributed by atoms with Crippen molar-refractivity contribution in [1.82, 2.24) is 0 Å². The minimum absolute atomic E-state index is 0.0163. The Labute approximate surface area is 148 Å². The minimum atomic E-state index is -0.782. The van der Waals surface area contributed by atoms with E-state index >= 15 is 0 Å². The third-order valence-electron chi connectivity index (χ3n) is 3.53. The Bertz CT molecular complexity index is 851. The van der Waals surface area contributed by atoms with Crippen LogP contribution in [0.1, 0.15) is 35.9 Å². The van der Waals surface area contributed by atoms with Crippen LogP contribution >= 0.6 is 0 Å². The molecule has 9 heteroatoms. The SMILES string of the molecule is CCOc1ccc(C(=O)O[C@@H](C)c2cccc([N+](=O)[O-])c2)cc1[N+](=O)[O-]. The van der Waals surface area contributed by atoms with Crippen molar-refractivity contribution < 1.29 is 24.1 Å². The zero-order chi connectivity index (χ0) is 19.3. The van der Waals surface area contributed by atoms with E-state index in [9.17, 15) is 25.0 Å². The number of hydrogen-bond donors (Lipinski definition) is 0. The van der Waals surface area contributed by atoms with E-state index in [0.717, 1.165) is 6.07 Å². The fraction of sp³-hybridized carbons (Fsp3) is 0.235. The first kappa shape index (κ1) is 18.8. The van der Waals surface area contributed by atoms with Gasteiger partial charge in [-0.2, -0.15) is 0 Å². The summed E-state index contributed by atoms with van der Waals surface area (Å²) in [5.74, 6) is -0.726.